The molecule has 2 rings (SSSR count). The largest absolute Gasteiger partial charge is 0.360 e. The second-order valence-corrected chi connectivity index (χ2v) is 4.20. The third kappa shape index (κ3) is 1.84. The van der Waals surface area contributed by atoms with Crippen molar-refractivity contribution in [2.75, 3.05) is 7.05 Å². The maximum absolute atomic E-state index is 12.0. The zero-order chi connectivity index (χ0) is 11.7. The molecule has 4 heteroatoms. The monoisotopic (exact) mass is 236 g/mol. The van der Waals surface area contributed by atoms with Crippen molar-refractivity contribution in [1.29, 1.82) is 0 Å². The Balaban J connectivity index is 2.50. The van der Waals surface area contributed by atoms with Crippen molar-refractivity contribution in [3.05, 3.63) is 35.0 Å². The lowest BCUT2D eigenvalue weighted by molar-refractivity contribution is 0.0956. The smallest absolute Gasteiger partial charge is 0.181 e. The van der Waals surface area contributed by atoms with E-state index < -0.39 is 0 Å². The highest BCUT2D eigenvalue weighted by Gasteiger charge is 2.16. The summed E-state index contributed by atoms with van der Waals surface area (Å²) < 4.78 is 0. The number of likely N-dealkylation sites (N-methyl/N-ethyl adjacent to an activating group) is 1. The second-order valence-electron chi connectivity index (χ2n) is 3.77. The zero-order valence-electron chi connectivity index (χ0n) is 9.17. The molecule has 1 aromatic carbocycles. The number of H-pyrrole nitrogens is 1. The third-order valence-corrected chi connectivity index (χ3v) is 2.97. The van der Waals surface area contributed by atoms with Crippen LogP contribution in [0.4, 0.5) is 0 Å². The summed E-state index contributed by atoms with van der Waals surface area (Å²) in [6.07, 6.45) is 1.73. The molecule has 0 spiro atoms. The molecule has 1 heterocycles. The van der Waals surface area contributed by atoms with Gasteiger partial charge in [0.2, 0.25) is 0 Å². The van der Waals surface area contributed by atoms with Gasteiger partial charge in [-0.3, -0.25) is 4.79 Å². The lowest BCUT2D eigenvalue weighted by Gasteiger charge is -2.07. The van der Waals surface area contributed by atoms with Gasteiger partial charge in [-0.25, -0.2) is 0 Å². The minimum atomic E-state index is -0.185. The summed E-state index contributed by atoms with van der Waals surface area (Å²) in [6.45, 7) is 1.84. The molecular weight excluding hydrogens is 224 g/mol. The van der Waals surface area contributed by atoms with E-state index >= 15 is 0 Å². The maximum atomic E-state index is 12.0. The van der Waals surface area contributed by atoms with Gasteiger partial charge >= 0.3 is 0 Å². The number of Topliss-reactive ketones (excluding diaryl/α,β-unsaturated/α-hetero) is 1. The van der Waals surface area contributed by atoms with Gasteiger partial charge in [0.05, 0.1) is 6.04 Å². The van der Waals surface area contributed by atoms with Crippen LogP contribution in [0.25, 0.3) is 10.9 Å². The molecule has 0 amide bonds. The molecule has 2 aromatic rings. The number of rotatable bonds is 3. The van der Waals surface area contributed by atoms with Gasteiger partial charge in [-0.1, -0.05) is 17.7 Å². The van der Waals surface area contributed by atoms with Crippen LogP contribution in [0, 0.1) is 0 Å². The third-order valence-electron chi connectivity index (χ3n) is 2.74. The van der Waals surface area contributed by atoms with E-state index in [9.17, 15) is 4.79 Å². The Bertz CT molecular complexity index is 533. The van der Waals surface area contributed by atoms with Crippen molar-refractivity contribution >= 4 is 28.3 Å². The maximum Gasteiger partial charge on any atom is 0.181 e. The Morgan fingerprint density at radius 3 is 2.94 bits per heavy atom. The van der Waals surface area contributed by atoms with Crippen LogP contribution >= 0.6 is 11.6 Å². The zero-order valence-corrected chi connectivity index (χ0v) is 9.93. The molecule has 84 valence electrons. The summed E-state index contributed by atoms with van der Waals surface area (Å²) in [5.74, 6) is 0.0797. The van der Waals surface area contributed by atoms with Crippen LogP contribution in [0.1, 0.15) is 17.3 Å². The van der Waals surface area contributed by atoms with E-state index in [0.29, 0.717) is 10.6 Å². The molecule has 1 aromatic heterocycles. The van der Waals surface area contributed by atoms with Crippen LogP contribution in [0.2, 0.25) is 5.02 Å². The Hall–Kier alpha value is -1.32. The molecule has 0 bridgehead atoms. The van der Waals surface area contributed by atoms with Gasteiger partial charge in [-0.05, 0) is 26.1 Å². The summed E-state index contributed by atoms with van der Waals surface area (Å²) in [6, 6.07) is 5.29. The van der Waals surface area contributed by atoms with Gasteiger partial charge in [-0.2, -0.15) is 0 Å². The summed E-state index contributed by atoms with van der Waals surface area (Å²) in [7, 11) is 1.77. The Morgan fingerprint density at radius 1 is 1.50 bits per heavy atom. The molecule has 0 aliphatic carbocycles. The number of aromatic amines is 1. The molecular formula is C12H13ClN2O. The highest BCUT2D eigenvalue weighted by atomic mass is 35.5. The molecule has 2 N–H and O–H groups in total. The summed E-state index contributed by atoms with van der Waals surface area (Å²) in [5, 5.41) is 4.52. The van der Waals surface area contributed by atoms with Crippen LogP contribution in [0.3, 0.4) is 0 Å². The lowest BCUT2D eigenvalue weighted by Crippen LogP contribution is -2.30. The predicted octanol–water partition coefficient (Wildman–Crippen LogP) is 2.61. The lowest BCUT2D eigenvalue weighted by atomic mass is 10.0. The minimum Gasteiger partial charge on any atom is -0.360 e. The van der Waals surface area contributed by atoms with Crippen molar-refractivity contribution in [2.24, 2.45) is 0 Å². The molecule has 0 aliphatic rings. The van der Waals surface area contributed by atoms with E-state index in [-0.39, 0.29) is 11.8 Å². The topological polar surface area (TPSA) is 44.9 Å². The first-order valence-corrected chi connectivity index (χ1v) is 5.49. The second kappa shape index (κ2) is 4.28. The number of hydrogen-bond acceptors (Lipinski definition) is 2. The van der Waals surface area contributed by atoms with E-state index in [1.165, 1.54) is 0 Å². The van der Waals surface area contributed by atoms with Crippen LogP contribution < -0.4 is 5.32 Å². The number of benzene rings is 1. The molecule has 1 unspecified atom stereocenters. The summed E-state index contributed by atoms with van der Waals surface area (Å²) in [4.78, 5) is 15.1. The number of ketones is 1. The van der Waals surface area contributed by atoms with Crippen LogP contribution in [-0.4, -0.2) is 23.9 Å². The molecule has 3 nitrogen and oxygen atoms in total. The Labute approximate surface area is 98.8 Å². The molecule has 0 fully saturated rings. The van der Waals surface area contributed by atoms with Gasteiger partial charge in [0.1, 0.15) is 0 Å². The first kappa shape index (κ1) is 11.2. The molecule has 1 atom stereocenters. The summed E-state index contributed by atoms with van der Waals surface area (Å²) >= 11 is 5.88. The van der Waals surface area contributed by atoms with Crippen molar-refractivity contribution in [1.82, 2.24) is 10.3 Å². The fourth-order valence-electron chi connectivity index (χ4n) is 1.67. The average molecular weight is 237 g/mol. The van der Waals surface area contributed by atoms with Crippen molar-refractivity contribution in [3.8, 4) is 0 Å². The molecule has 0 radical (unpaired) electrons. The number of hydrogen-bond donors (Lipinski definition) is 2. The molecule has 0 saturated heterocycles. The minimum absolute atomic E-state index is 0.0797. The van der Waals surface area contributed by atoms with E-state index in [1.54, 1.807) is 19.3 Å². The SMILES string of the molecule is CNC(C)C(=O)c1c[nH]c2cc(Cl)ccc12. The summed E-state index contributed by atoms with van der Waals surface area (Å²) in [5.41, 5.74) is 1.59. The standard InChI is InChI=1S/C12H13ClN2O/c1-7(14-2)12(16)10-6-15-11-5-8(13)3-4-9(10)11/h3-7,14-15H,1-2H3. The van der Waals surface area contributed by atoms with Crippen LogP contribution in [0.5, 0.6) is 0 Å². The van der Waals surface area contributed by atoms with Gasteiger partial charge in [-0.15, -0.1) is 0 Å². The van der Waals surface area contributed by atoms with Crippen molar-refractivity contribution in [2.45, 2.75) is 13.0 Å². The highest BCUT2D eigenvalue weighted by molar-refractivity contribution is 6.31. The predicted molar refractivity (Wildman–Crippen MR) is 66.2 cm³/mol. The van der Waals surface area contributed by atoms with E-state index in [1.807, 2.05) is 19.1 Å². The van der Waals surface area contributed by atoms with Gasteiger partial charge < -0.3 is 10.3 Å². The van der Waals surface area contributed by atoms with E-state index in [0.717, 1.165) is 10.9 Å². The number of nitrogens with one attached hydrogen (secondary N) is 2. The number of halogens is 1. The number of aromatic nitrogens is 1. The van der Waals surface area contributed by atoms with Gasteiger partial charge in [0.15, 0.2) is 5.78 Å². The number of carbonyl (C=O) groups is 1. The van der Waals surface area contributed by atoms with E-state index in [4.69, 9.17) is 11.6 Å². The van der Waals surface area contributed by atoms with Crippen molar-refractivity contribution in [3.63, 3.8) is 0 Å². The molecule has 16 heavy (non-hydrogen) atoms. The van der Waals surface area contributed by atoms with Crippen molar-refractivity contribution < 1.29 is 4.79 Å². The van der Waals surface area contributed by atoms with Gasteiger partial charge in [0, 0.05) is 27.7 Å². The molecule has 0 saturated carbocycles. The quantitative estimate of drug-likeness (QED) is 0.805. The van der Waals surface area contributed by atoms with Crippen LogP contribution in [-0.2, 0) is 0 Å². The first-order chi connectivity index (χ1) is 7.63. The highest BCUT2D eigenvalue weighted by Crippen LogP contribution is 2.22. The fourth-order valence-corrected chi connectivity index (χ4v) is 1.84. The average Bonchev–Trinajstić information content (AvgIpc) is 2.69. The van der Waals surface area contributed by atoms with Crippen LogP contribution in [0.15, 0.2) is 24.4 Å². The van der Waals surface area contributed by atoms with Gasteiger partial charge in [0.25, 0.3) is 0 Å². The Kier molecular flexibility index (Phi) is 2.99. The normalized spacial score (nSPS) is 12.9. The number of carbonyl (C=O) groups excluding carboxylic acids is 1. The number of fused-ring (bicyclic) bond motifs is 1. The van der Waals surface area contributed by atoms with E-state index in [2.05, 4.69) is 10.3 Å². The first-order valence-electron chi connectivity index (χ1n) is 5.11. The molecule has 0 aliphatic heterocycles. The fraction of sp³-hybridized carbons (Fsp3) is 0.250. The Morgan fingerprint density at radius 2 is 2.25 bits per heavy atom.